The summed E-state index contributed by atoms with van der Waals surface area (Å²) in [5.41, 5.74) is 1.09. The lowest BCUT2D eigenvalue weighted by Crippen LogP contribution is -2.23. The molecule has 116 valence electrons. The minimum Gasteiger partial charge on any atom is -0.495 e. The van der Waals surface area contributed by atoms with Gasteiger partial charge in [-0.25, -0.2) is 0 Å². The van der Waals surface area contributed by atoms with E-state index in [1.165, 1.54) is 25.7 Å². The molecule has 1 aromatic rings. The van der Waals surface area contributed by atoms with Crippen molar-refractivity contribution in [3.8, 4) is 5.75 Å². The quantitative estimate of drug-likeness (QED) is 0.813. The summed E-state index contributed by atoms with van der Waals surface area (Å²) in [7, 11) is 3.62. The molecule has 2 aliphatic rings. The lowest BCUT2D eigenvalue weighted by atomic mass is 9.83. The van der Waals surface area contributed by atoms with Crippen molar-refractivity contribution in [2.24, 2.45) is 17.8 Å². The number of ether oxygens (including phenoxy) is 1. The molecule has 4 heteroatoms. The van der Waals surface area contributed by atoms with E-state index in [4.69, 9.17) is 27.9 Å². The van der Waals surface area contributed by atoms with Crippen LogP contribution in [0, 0.1) is 17.8 Å². The maximum Gasteiger partial charge on any atom is 0.138 e. The molecule has 2 bridgehead atoms. The highest BCUT2D eigenvalue weighted by Crippen LogP contribution is 2.51. The summed E-state index contributed by atoms with van der Waals surface area (Å²) in [5, 5.41) is 4.79. The molecule has 0 saturated heterocycles. The zero-order valence-corrected chi connectivity index (χ0v) is 14.2. The number of nitrogens with one attached hydrogen (secondary N) is 1. The molecule has 0 heterocycles. The monoisotopic (exact) mass is 327 g/mol. The molecule has 4 unspecified atom stereocenters. The normalized spacial score (nSPS) is 28.9. The van der Waals surface area contributed by atoms with Gasteiger partial charge >= 0.3 is 0 Å². The molecule has 1 N–H and O–H groups in total. The van der Waals surface area contributed by atoms with Crippen LogP contribution < -0.4 is 10.1 Å². The third-order valence-electron chi connectivity index (χ3n) is 5.42. The van der Waals surface area contributed by atoms with Gasteiger partial charge in [-0.05, 0) is 62.1 Å². The van der Waals surface area contributed by atoms with Crippen LogP contribution >= 0.6 is 23.2 Å². The number of hydrogen-bond acceptors (Lipinski definition) is 2. The van der Waals surface area contributed by atoms with Gasteiger partial charge in [-0.15, -0.1) is 0 Å². The fourth-order valence-electron chi connectivity index (χ4n) is 4.34. The number of methoxy groups -OCH3 is 1. The zero-order valence-electron chi connectivity index (χ0n) is 12.7. The molecule has 0 aromatic heterocycles. The van der Waals surface area contributed by atoms with Gasteiger partial charge in [0.25, 0.3) is 0 Å². The Balaban J connectivity index is 1.78. The standard InChI is InChI=1S/C17H23Cl2NO/c1-20-16(7-12-6-10-3-4-11(12)5-10)13-8-15(19)17(21-2)9-14(13)18/h8-12,16,20H,3-7H2,1-2H3. The first-order valence-corrected chi connectivity index (χ1v) is 8.58. The second kappa shape index (κ2) is 6.36. The molecule has 0 amide bonds. The molecule has 0 radical (unpaired) electrons. The van der Waals surface area contributed by atoms with E-state index in [1.54, 1.807) is 7.11 Å². The van der Waals surface area contributed by atoms with E-state index in [0.29, 0.717) is 10.8 Å². The van der Waals surface area contributed by atoms with E-state index >= 15 is 0 Å². The molecule has 3 rings (SSSR count). The van der Waals surface area contributed by atoms with Crippen LogP contribution in [0.2, 0.25) is 10.0 Å². The van der Waals surface area contributed by atoms with Gasteiger partial charge in [0.2, 0.25) is 0 Å². The summed E-state index contributed by atoms with van der Waals surface area (Å²) in [6, 6.07) is 4.05. The summed E-state index contributed by atoms with van der Waals surface area (Å²) in [5.74, 6) is 3.38. The molecule has 2 saturated carbocycles. The van der Waals surface area contributed by atoms with Crippen molar-refractivity contribution in [2.45, 2.75) is 38.1 Å². The molecule has 21 heavy (non-hydrogen) atoms. The van der Waals surface area contributed by atoms with Crippen molar-refractivity contribution in [1.29, 1.82) is 0 Å². The number of fused-ring (bicyclic) bond motifs is 2. The second-order valence-electron chi connectivity index (χ2n) is 6.52. The Morgan fingerprint density at radius 3 is 2.62 bits per heavy atom. The number of benzene rings is 1. The highest BCUT2D eigenvalue weighted by Gasteiger charge is 2.40. The van der Waals surface area contributed by atoms with Gasteiger partial charge in [0, 0.05) is 17.1 Å². The van der Waals surface area contributed by atoms with Crippen LogP contribution in [-0.2, 0) is 0 Å². The Morgan fingerprint density at radius 1 is 1.24 bits per heavy atom. The minimum absolute atomic E-state index is 0.269. The van der Waals surface area contributed by atoms with E-state index in [2.05, 4.69) is 5.32 Å². The molecule has 2 nitrogen and oxygen atoms in total. The van der Waals surface area contributed by atoms with Crippen molar-refractivity contribution in [3.63, 3.8) is 0 Å². The Labute approximate surface area is 137 Å². The van der Waals surface area contributed by atoms with Crippen molar-refractivity contribution < 1.29 is 4.74 Å². The Morgan fingerprint density at radius 2 is 2.05 bits per heavy atom. The van der Waals surface area contributed by atoms with Crippen LogP contribution in [0.3, 0.4) is 0 Å². The van der Waals surface area contributed by atoms with Crippen LogP contribution in [0.15, 0.2) is 12.1 Å². The first-order valence-electron chi connectivity index (χ1n) is 7.82. The highest BCUT2D eigenvalue weighted by atomic mass is 35.5. The number of rotatable bonds is 5. The van der Waals surface area contributed by atoms with E-state index < -0.39 is 0 Å². The first kappa shape index (κ1) is 15.5. The maximum atomic E-state index is 6.44. The van der Waals surface area contributed by atoms with Crippen molar-refractivity contribution in [2.75, 3.05) is 14.2 Å². The third kappa shape index (κ3) is 3.04. The van der Waals surface area contributed by atoms with Gasteiger partial charge in [0.15, 0.2) is 0 Å². The number of hydrogen-bond donors (Lipinski definition) is 1. The Hall–Kier alpha value is -0.440. The largest absolute Gasteiger partial charge is 0.495 e. The summed E-state index contributed by atoms with van der Waals surface area (Å²) >= 11 is 12.7. The van der Waals surface area contributed by atoms with Crippen LogP contribution in [0.1, 0.15) is 43.7 Å². The second-order valence-corrected chi connectivity index (χ2v) is 7.33. The fraction of sp³-hybridized carbons (Fsp3) is 0.647. The van der Waals surface area contributed by atoms with Gasteiger partial charge < -0.3 is 10.1 Å². The molecular weight excluding hydrogens is 305 g/mol. The van der Waals surface area contributed by atoms with E-state index in [0.717, 1.165) is 34.8 Å². The van der Waals surface area contributed by atoms with Gasteiger partial charge in [-0.2, -0.15) is 0 Å². The molecular formula is C17H23Cl2NO. The summed E-state index contributed by atoms with van der Waals surface area (Å²) < 4.78 is 5.23. The Kier molecular flexibility index (Phi) is 4.68. The summed E-state index contributed by atoms with van der Waals surface area (Å²) in [4.78, 5) is 0. The highest BCUT2D eigenvalue weighted by molar-refractivity contribution is 6.34. The zero-order chi connectivity index (χ0) is 15.0. The van der Waals surface area contributed by atoms with Crippen molar-refractivity contribution in [1.82, 2.24) is 5.32 Å². The maximum absolute atomic E-state index is 6.44. The summed E-state index contributed by atoms with van der Waals surface area (Å²) in [6.45, 7) is 0. The molecule has 2 aliphatic carbocycles. The average Bonchev–Trinajstić information content (AvgIpc) is 3.09. The van der Waals surface area contributed by atoms with E-state index in [1.807, 2.05) is 19.2 Å². The van der Waals surface area contributed by atoms with E-state index in [-0.39, 0.29) is 6.04 Å². The fourth-order valence-corrected chi connectivity index (χ4v) is 4.87. The molecule has 1 aromatic carbocycles. The van der Waals surface area contributed by atoms with Crippen LogP contribution in [0.4, 0.5) is 0 Å². The molecule has 4 atom stereocenters. The van der Waals surface area contributed by atoms with Gasteiger partial charge in [0.1, 0.15) is 5.75 Å². The van der Waals surface area contributed by atoms with Crippen molar-refractivity contribution in [3.05, 3.63) is 27.7 Å². The van der Waals surface area contributed by atoms with Crippen LogP contribution in [0.25, 0.3) is 0 Å². The first-order chi connectivity index (χ1) is 10.1. The molecule has 0 spiro atoms. The average molecular weight is 328 g/mol. The SMILES string of the molecule is CNC(CC1CC2CCC1C2)c1cc(Cl)c(OC)cc1Cl. The van der Waals surface area contributed by atoms with Crippen LogP contribution in [0.5, 0.6) is 5.75 Å². The lowest BCUT2D eigenvalue weighted by molar-refractivity contribution is 0.284. The van der Waals surface area contributed by atoms with Gasteiger partial charge in [0.05, 0.1) is 12.1 Å². The topological polar surface area (TPSA) is 21.3 Å². The lowest BCUT2D eigenvalue weighted by Gasteiger charge is -2.27. The third-order valence-corrected chi connectivity index (χ3v) is 6.04. The Bertz CT molecular complexity index is 520. The van der Waals surface area contributed by atoms with Crippen LogP contribution in [-0.4, -0.2) is 14.2 Å². The minimum atomic E-state index is 0.269. The summed E-state index contributed by atoms with van der Waals surface area (Å²) in [6.07, 6.45) is 6.85. The predicted molar refractivity (Wildman–Crippen MR) is 88.4 cm³/mol. The number of halogens is 2. The molecule has 2 fully saturated rings. The smallest absolute Gasteiger partial charge is 0.138 e. The van der Waals surface area contributed by atoms with Gasteiger partial charge in [-0.1, -0.05) is 29.6 Å². The predicted octanol–water partition coefficient (Wildman–Crippen LogP) is 5.09. The van der Waals surface area contributed by atoms with Gasteiger partial charge in [-0.3, -0.25) is 0 Å². The van der Waals surface area contributed by atoms with E-state index in [9.17, 15) is 0 Å². The molecule has 0 aliphatic heterocycles. The van der Waals surface area contributed by atoms with Crippen molar-refractivity contribution >= 4 is 23.2 Å².